The van der Waals surface area contributed by atoms with Crippen molar-refractivity contribution in [1.29, 1.82) is 0 Å². The molecule has 138 valence electrons. The number of piperidine rings is 1. The van der Waals surface area contributed by atoms with E-state index in [-0.39, 0.29) is 17.9 Å². The van der Waals surface area contributed by atoms with Crippen LogP contribution < -0.4 is 5.32 Å². The van der Waals surface area contributed by atoms with Gasteiger partial charge in [-0.25, -0.2) is 9.59 Å². The fourth-order valence-corrected chi connectivity index (χ4v) is 3.31. The van der Waals surface area contributed by atoms with Crippen LogP contribution in [0.3, 0.4) is 0 Å². The van der Waals surface area contributed by atoms with E-state index in [1.807, 2.05) is 24.8 Å². The summed E-state index contributed by atoms with van der Waals surface area (Å²) < 4.78 is 4.83. The first kappa shape index (κ1) is 19.3. The van der Waals surface area contributed by atoms with Crippen LogP contribution in [-0.4, -0.2) is 43.1 Å². The molecule has 1 N–H and O–H groups in total. The normalized spacial score (nSPS) is 17.6. The maximum Gasteiger partial charge on any atom is 0.328 e. The molecule has 1 aromatic rings. The van der Waals surface area contributed by atoms with Crippen molar-refractivity contribution in [3.05, 3.63) is 35.9 Å². The van der Waals surface area contributed by atoms with Gasteiger partial charge in [-0.2, -0.15) is 0 Å². The number of benzene rings is 1. The fraction of sp³-hybridized carbons (Fsp3) is 0.600. The molecule has 25 heavy (non-hydrogen) atoms. The molecule has 1 aliphatic heterocycles. The predicted octanol–water partition coefficient (Wildman–Crippen LogP) is 3.24. The molecule has 2 amide bonds. The Hall–Kier alpha value is -2.04. The van der Waals surface area contributed by atoms with E-state index >= 15 is 0 Å². The third kappa shape index (κ3) is 5.48. The molecule has 0 aromatic heterocycles. The fourth-order valence-electron chi connectivity index (χ4n) is 3.31. The van der Waals surface area contributed by atoms with Gasteiger partial charge in [-0.05, 0) is 36.7 Å². The van der Waals surface area contributed by atoms with Crippen LogP contribution in [0.4, 0.5) is 4.79 Å². The number of nitrogens with zero attached hydrogens (tertiary/aromatic N) is 1. The number of ether oxygens (including phenoxy) is 1. The standard InChI is InChI=1S/C20H30N2O3/c1-4-15(2)18(19(23)25-3)21-20(24)22-12-10-17(11-13-22)14-16-8-6-5-7-9-16/h5-9,15,17-18H,4,10-14H2,1-3H3,(H,21,24)/t15-,18-/m0/s1. The minimum atomic E-state index is -0.579. The van der Waals surface area contributed by atoms with Gasteiger partial charge in [-0.15, -0.1) is 0 Å². The summed E-state index contributed by atoms with van der Waals surface area (Å²) in [7, 11) is 1.36. The summed E-state index contributed by atoms with van der Waals surface area (Å²) in [6.45, 7) is 5.42. The van der Waals surface area contributed by atoms with Crippen LogP contribution in [0, 0.1) is 11.8 Å². The first-order valence-corrected chi connectivity index (χ1v) is 9.22. The van der Waals surface area contributed by atoms with Crippen LogP contribution in [0.2, 0.25) is 0 Å². The molecule has 0 unspecified atom stereocenters. The zero-order valence-electron chi connectivity index (χ0n) is 15.5. The zero-order valence-corrected chi connectivity index (χ0v) is 15.5. The number of rotatable bonds is 6. The molecular formula is C20H30N2O3. The monoisotopic (exact) mass is 346 g/mol. The third-order valence-corrected chi connectivity index (χ3v) is 5.22. The average Bonchev–Trinajstić information content (AvgIpc) is 2.66. The first-order chi connectivity index (χ1) is 12.0. The van der Waals surface area contributed by atoms with E-state index in [0.29, 0.717) is 5.92 Å². The molecule has 1 aromatic carbocycles. The number of likely N-dealkylation sites (tertiary alicyclic amines) is 1. The molecule has 1 saturated heterocycles. The molecule has 1 fully saturated rings. The number of hydrogen-bond donors (Lipinski definition) is 1. The lowest BCUT2D eigenvalue weighted by atomic mass is 9.90. The molecular weight excluding hydrogens is 316 g/mol. The lowest BCUT2D eigenvalue weighted by Crippen LogP contribution is -2.52. The summed E-state index contributed by atoms with van der Waals surface area (Å²) in [6, 6.07) is 9.75. The number of esters is 1. The second-order valence-corrected chi connectivity index (χ2v) is 6.96. The van der Waals surface area contributed by atoms with E-state index in [2.05, 4.69) is 29.6 Å². The van der Waals surface area contributed by atoms with Crippen LogP contribution in [-0.2, 0) is 16.0 Å². The van der Waals surface area contributed by atoms with E-state index in [4.69, 9.17) is 4.74 Å². The molecule has 0 radical (unpaired) electrons. The molecule has 0 aliphatic carbocycles. The van der Waals surface area contributed by atoms with E-state index in [1.165, 1.54) is 12.7 Å². The molecule has 1 aliphatic rings. The number of carbonyl (C=O) groups is 2. The lowest BCUT2D eigenvalue weighted by Gasteiger charge is -2.33. The quantitative estimate of drug-likeness (QED) is 0.805. The molecule has 0 bridgehead atoms. The van der Waals surface area contributed by atoms with Crippen molar-refractivity contribution in [2.24, 2.45) is 11.8 Å². The Morgan fingerprint density at radius 1 is 1.24 bits per heavy atom. The van der Waals surface area contributed by atoms with Gasteiger partial charge in [0.15, 0.2) is 0 Å². The Labute approximate surface area is 150 Å². The molecule has 5 heteroatoms. The van der Waals surface area contributed by atoms with E-state index in [0.717, 1.165) is 38.8 Å². The summed E-state index contributed by atoms with van der Waals surface area (Å²) in [5.74, 6) is 0.283. The number of carbonyl (C=O) groups excluding carboxylic acids is 2. The van der Waals surface area contributed by atoms with Crippen LogP contribution >= 0.6 is 0 Å². The maximum absolute atomic E-state index is 12.5. The number of methoxy groups -OCH3 is 1. The topological polar surface area (TPSA) is 58.6 Å². The van der Waals surface area contributed by atoms with Crippen molar-refractivity contribution >= 4 is 12.0 Å². The summed E-state index contributed by atoms with van der Waals surface area (Å²) in [6.07, 6.45) is 3.86. The van der Waals surface area contributed by atoms with Crippen LogP contribution in [0.1, 0.15) is 38.7 Å². The van der Waals surface area contributed by atoms with Crippen LogP contribution in [0.5, 0.6) is 0 Å². The summed E-state index contributed by atoms with van der Waals surface area (Å²) in [5.41, 5.74) is 1.35. The Morgan fingerprint density at radius 3 is 2.44 bits per heavy atom. The molecule has 0 spiro atoms. The third-order valence-electron chi connectivity index (χ3n) is 5.22. The number of amides is 2. The Bertz CT molecular complexity index is 553. The summed E-state index contributed by atoms with van der Waals surface area (Å²) in [5, 5.41) is 2.87. The van der Waals surface area contributed by atoms with Crippen molar-refractivity contribution in [2.45, 2.75) is 45.6 Å². The van der Waals surface area contributed by atoms with Crippen molar-refractivity contribution in [2.75, 3.05) is 20.2 Å². The summed E-state index contributed by atoms with van der Waals surface area (Å²) >= 11 is 0. The van der Waals surface area contributed by atoms with E-state index in [9.17, 15) is 9.59 Å². The molecule has 5 nitrogen and oxygen atoms in total. The van der Waals surface area contributed by atoms with Gasteiger partial charge >= 0.3 is 12.0 Å². The largest absolute Gasteiger partial charge is 0.467 e. The van der Waals surface area contributed by atoms with Crippen LogP contribution in [0.25, 0.3) is 0 Å². The van der Waals surface area contributed by atoms with Crippen molar-refractivity contribution in [3.63, 3.8) is 0 Å². The average molecular weight is 346 g/mol. The second kappa shape index (κ2) is 9.44. The van der Waals surface area contributed by atoms with E-state index in [1.54, 1.807) is 0 Å². The molecule has 2 rings (SSSR count). The highest BCUT2D eigenvalue weighted by Gasteiger charge is 2.30. The van der Waals surface area contributed by atoms with Gasteiger partial charge < -0.3 is 15.0 Å². The van der Waals surface area contributed by atoms with Gasteiger partial charge in [-0.1, -0.05) is 50.6 Å². The highest BCUT2D eigenvalue weighted by molar-refractivity contribution is 5.83. The van der Waals surface area contributed by atoms with Crippen molar-refractivity contribution < 1.29 is 14.3 Å². The smallest absolute Gasteiger partial charge is 0.328 e. The Morgan fingerprint density at radius 2 is 1.88 bits per heavy atom. The van der Waals surface area contributed by atoms with E-state index < -0.39 is 6.04 Å². The highest BCUT2D eigenvalue weighted by Crippen LogP contribution is 2.22. The lowest BCUT2D eigenvalue weighted by molar-refractivity contribution is -0.144. The molecule has 1 heterocycles. The number of urea groups is 1. The predicted molar refractivity (Wildman–Crippen MR) is 98.2 cm³/mol. The number of nitrogens with one attached hydrogen (secondary N) is 1. The van der Waals surface area contributed by atoms with Crippen molar-refractivity contribution in [3.8, 4) is 0 Å². The highest BCUT2D eigenvalue weighted by atomic mass is 16.5. The SMILES string of the molecule is CC[C@H](C)[C@H](NC(=O)N1CCC(Cc2ccccc2)CC1)C(=O)OC. The van der Waals surface area contributed by atoms with Gasteiger partial charge in [0.25, 0.3) is 0 Å². The van der Waals surface area contributed by atoms with Gasteiger partial charge in [-0.3, -0.25) is 0 Å². The van der Waals surface area contributed by atoms with Crippen molar-refractivity contribution in [1.82, 2.24) is 10.2 Å². The minimum absolute atomic E-state index is 0.0482. The van der Waals surface area contributed by atoms with Gasteiger partial charge in [0.1, 0.15) is 6.04 Å². The minimum Gasteiger partial charge on any atom is -0.467 e. The number of hydrogen-bond acceptors (Lipinski definition) is 3. The zero-order chi connectivity index (χ0) is 18.2. The van der Waals surface area contributed by atoms with Crippen LogP contribution in [0.15, 0.2) is 30.3 Å². The Balaban J connectivity index is 1.84. The summed E-state index contributed by atoms with van der Waals surface area (Å²) in [4.78, 5) is 26.3. The van der Waals surface area contributed by atoms with Gasteiger partial charge in [0.05, 0.1) is 7.11 Å². The van der Waals surface area contributed by atoms with Gasteiger partial charge in [0, 0.05) is 13.1 Å². The Kier molecular flexibility index (Phi) is 7.29. The maximum atomic E-state index is 12.5. The molecule has 2 atom stereocenters. The second-order valence-electron chi connectivity index (χ2n) is 6.96. The molecule has 0 saturated carbocycles. The van der Waals surface area contributed by atoms with Gasteiger partial charge in [0.2, 0.25) is 0 Å². The first-order valence-electron chi connectivity index (χ1n) is 9.22.